The summed E-state index contributed by atoms with van der Waals surface area (Å²) in [5, 5.41) is 8.72. The highest BCUT2D eigenvalue weighted by molar-refractivity contribution is 5.99. The van der Waals surface area contributed by atoms with Crippen molar-refractivity contribution in [2.24, 2.45) is 0 Å². The van der Waals surface area contributed by atoms with Crippen LogP contribution in [0.25, 0.3) is 0 Å². The standard InChI is InChI=1S/C9H9N3O/c1-5(13)7-2-6(11)3-9(12)8(7)4-10/h2-3H,11-12H2,1H3. The number of nitrogen functional groups attached to an aromatic ring is 2. The highest BCUT2D eigenvalue weighted by atomic mass is 16.1. The van der Waals surface area contributed by atoms with Gasteiger partial charge in [0.05, 0.1) is 11.3 Å². The maximum absolute atomic E-state index is 11.1. The van der Waals surface area contributed by atoms with Crippen LogP contribution in [0.3, 0.4) is 0 Å². The molecule has 0 spiro atoms. The van der Waals surface area contributed by atoms with Gasteiger partial charge in [0.1, 0.15) is 6.07 Å². The molecule has 4 heteroatoms. The van der Waals surface area contributed by atoms with Crippen LogP contribution in [0.5, 0.6) is 0 Å². The third kappa shape index (κ3) is 1.59. The molecule has 0 aliphatic carbocycles. The molecule has 0 aliphatic heterocycles. The zero-order chi connectivity index (χ0) is 10.0. The number of hydrogen-bond donors (Lipinski definition) is 2. The lowest BCUT2D eigenvalue weighted by atomic mass is 10.0. The first-order chi connectivity index (χ1) is 6.06. The number of benzene rings is 1. The fraction of sp³-hybridized carbons (Fsp3) is 0.111. The second kappa shape index (κ2) is 3.15. The Labute approximate surface area is 75.8 Å². The summed E-state index contributed by atoms with van der Waals surface area (Å²) in [5.74, 6) is -0.212. The van der Waals surface area contributed by atoms with Crippen molar-refractivity contribution in [2.75, 3.05) is 11.5 Å². The van der Waals surface area contributed by atoms with E-state index >= 15 is 0 Å². The smallest absolute Gasteiger partial charge is 0.161 e. The van der Waals surface area contributed by atoms with Crippen molar-refractivity contribution in [3.05, 3.63) is 23.3 Å². The van der Waals surface area contributed by atoms with E-state index in [0.717, 1.165) is 0 Å². The SMILES string of the molecule is CC(=O)c1cc(N)cc(N)c1C#N. The van der Waals surface area contributed by atoms with Crippen molar-refractivity contribution < 1.29 is 4.79 Å². The van der Waals surface area contributed by atoms with Crippen LogP contribution in [0.4, 0.5) is 11.4 Å². The Kier molecular flexibility index (Phi) is 2.20. The minimum atomic E-state index is -0.212. The molecule has 0 saturated heterocycles. The van der Waals surface area contributed by atoms with E-state index in [-0.39, 0.29) is 22.6 Å². The number of rotatable bonds is 1. The predicted molar refractivity (Wildman–Crippen MR) is 50.0 cm³/mol. The average molecular weight is 175 g/mol. The summed E-state index contributed by atoms with van der Waals surface area (Å²) in [6.07, 6.45) is 0. The Hall–Kier alpha value is -2.02. The maximum atomic E-state index is 11.1. The van der Waals surface area contributed by atoms with Crippen LogP contribution in [0, 0.1) is 11.3 Å². The van der Waals surface area contributed by atoms with Crippen LogP contribution in [0.2, 0.25) is 0 Å². The fourth-order valence-corrected chi connectivity index (χ4v) is 1.09. The maximum Gasteiger partial charge on any atom is 0.161 e. The lowest BCUT2D eigenvalue weighted by Crippen LogP contribution is -2.03. The van der Waals surface area contributed by atoms with Gasteiger partial charge in [-0.05, 0) is 19.1 Å². The van der Waals surface area contributed by atoms with Gasteiger partial charge in [-0.2, -0.15) is 5.26 Å². The van der Waals surface area contributed by atoms with E-state index in [1.54, 1.807) is 0 Å². The molecule has 1 aromatic rings. The van der Waals surface area contributed by atoms with E-state index < -0.39 is 0 Å². The van der Waals surface area contributed by atoms with E-state index in [0.29, 0.717) is 5.69 Å². The molecule has 0 heterocycles. The van der Waals surface area contributed by atoms with Gasteiger partial charge in [-0.15, -0.1) is 0 Å². The second-order valence-corrected chi connectivity index (χ2v) is 2.70. The Morgan fingerprint density at radius 1 is 1.46 bits per heavy atom. The quantitative estimate of drug-likeness (QED) is 0.490. The predicted octanol–water partition coefficient (Wildman–Crippen LogP) is 0.925. The molecule has 0 atom stereocenters. The molecule has 4 nitrogen and oxygen atoms in total. The number of carbonyl (C=O) groups is 1. The van der Waals surface area contributed by atoms with Crippen LogP contribution in [0.1, 0.15) is 22.8 Å². The molecule has 0 radical (unpaired) electrons. The third-order valence-corrected chi connectivity index (χ3v) is 1.68. The number of carbonyl (C=O) groups excluding carboxylic acids is 1. The minimum Gasteiger partial charge on any atom is -0.399 e. The first-order valence-electron chi connectivity index (χ1n) is 3.66. The van der Waals surface area contributed by atoms with Gasteiger partial charge in [0.15, 0.2) is 5.78 Å². The third-order valence-electron chi connectivity index (χ3n) is 1.68. The van der Waals surface area contributed by atoms with Crippen molar-refractivity contribution in [3.63, 3.8) is 0 Å². The number of nitrogens with two attached hydrogens (primary N) is 2. The fourth-order valence-electron chi connectivity index (χ4n) is 1.09. The highest BCUT2D eigenvalue weighted by Crippen LogP contribution is 2.20. The van der Waals surface area contributed by atoms with Crippen LogP contribution >= 0.6 is 0 Å². The average Bonchev–Trinajstić information content (AvgIpc) is 2.02. The van der Waals surface area contributed by atoms with E-state index in [9.17, 15) is 4.79 Å². The minimum absolute atomic E-state index is 0.196. The molecule has 1 rings (SSSR count). The number of nitrogens with zero attached hydrogens (tertiary/aromatic N) is 1. The molecule has 0 amide bonds. The van der Waals surface area contributed by atoms with Crippen LogP contribution in [-0.2, 0) is 0 Å². The zero-order valence-electron chi connectivity index (χ0n) is 7.16. The summed E-state index contributed by atoms with van der Waals surface area (Å²) in [6, 6.07) is 4.79. The lowest BCUT2D eigenvalue weighted by Gasteiger charge is -2.04. The monoisotopic (exact) mass is 175 g/mol. The van der Waals surface area contributed by atoms with E-state index in [1.807, 2.05) is 6.07 Å². The van der Waals surface area contributed by atoms with E-state index in [1.165, 1.54) is 19.1 Å². The van der Waals surface area contributed by atoms with E-state index in [2.05, 4.69) is 0 Å². The molecule has 13 heavy (non-hydrogen) atoms. The van der Waals surface area contributed by atoms with Gasteiger partial charge in [0, 0.05) is 11.3 Å². The summed E-state index contributed by atoms with van der Waals surface area (Å²) in [4.78, 5) is 11.1. The van der Waals surface area contributed by atoms with Crippen molar-refractivity contribution in [1.29, 1.82) is 5.26 Å². The summed E-state index contributed by atoms with van der Waals surface area (Å²) < 4.78 is 0. The van der Waals surface area contributed by atoms with Crippen molar-refractivity contribution in [1.82, 2.24) is 0 Å². The lowest BCUT2D eigenvalue weighted by molar-refractivity contribution is 0.101. The topological polar surface area (TPSA) is 92.9 Å². The van der Waals surface area contributed by atoms with Crippen molar-refractivity contribution >= 4 is 17.2 Å². The Morgan fingerprint density at radius 3 is 2.54 bits per heavy atom. The Balaban J connectivity index is 3.50. The van der Waals surface area contributed by atoms with Crippen LogP contribution in [-0.4, -0.2) is 5.78 Å². The number of Topliss-reactive ketones (excluding diaryl/α,β-unsaturated/α-hetero) is 1. The zero-order valence-corrected chi connectivity index (χ0v) is 7.16. The molecule has 1 aromatic carbocycles. The van der Waals surface area contributed by atoms with Crippen molar-refractivity contribution in [3.8, 4) is 6.07 Å². The number of ketones is 1. The van der Waals surface area contributed by atoms with Gasteiger partial charge in [-0.25, -0.2) is 0 Å². The van der Waals surface area contributed by atoms with Crippen LogP contribution < -0.4 is 11.5 Å². The first kappa shape index (κ1) is 9.07. The first-order valence-corrected chi connectivity index (χ1v) is 3.66. The molecule has 0 unspecified atom stereocenters. The number of anilines is 2. The summed E-state index contributed by atoms with van der Waals surface area (Å²) >= 11 is 0. The number of nitriles is 1. The van der Waals surface area contributed by atoms with Gasteiger partial charge < -0.3 is 11.5 Å². The van der Waals surface area contributed by atoms with Gasteiger partial charge in [0.2, 0.25) is 0 Å². The molecule has 66 valence electrons. The normalized spacial score (nSPS) is 9.23. The molecule has 4 N–H and O–H groups in total. The molecule has 0 bridgehead atoms. The van der Waals surface area contributed by atoms with Crippen LogP contribution in [0.15, 0.2) is 12.1 Å². The van der Waals surface area contributed by atoms with Gasteiger partial charge >= 0.3 is 0 Å². The van der Waals surface area contributed by atoms with Gasteiger partial charge in [-0.3, -0.25) is 4.79 Å². The van der Waals surface area contributed by atoms with Gasteiger partial charge in [-0.1, -0.05) is 0 Å². The summed E-state index contributed by atoms with van der Waals surface area (Å²) in [6.45, 7) is 1.37. The summed E-state index contributed by atoms with van der Waals surface area (Å²) in [5.41, 5.74) is 12.1. The van der Waals surface area contributed by atoms with Crippen molar-refractivity contribution in [2.45, 2.75) is 6.92 Å². The van der Waals surface area contributed by atoms with Gasteiger partial charge in [0.25, 0.3) is 0 Å². The second-order valence-electron chi connectivity index (χ2n) is 2.70. The number of hydrogen-bond acceptors (Lipinski definition) is 4. The molecule has 0 fully saturated rings. The molecular formula is C9H9N3O. The highest BCUT2D eigenvalue weighted by Gasteiger charge is 2.10. The largest absolute Gasteiger partial charge is 0.399 e. The molecule has 0 aromatic heterocycles. The Bertz CT molecular complexity index is 404. The molecule has 0 saturated carbocycles. The molecule has 0 aliphatic rings. The Morgan fingerprint density at radius 2 is 2.08 bits per heavy atom. The van der Waals surface area contributed by atoms with E-state index in [4.69, 9.17) is 16.7 Å². The molecular weight excluding hydrogens is 166 g/mol. The summed E-state index contributed by atoms with van der Waals surface area (Å²) in [7, 11) is 0.